The highest BCUT2D eigenvalue weighted by molar-refractivity contribution is 5.92. The normalized spacial score (nSPS) is 16.4. The fourth-order valence-corrected chi connectivity index (χ4v) is 1.61. The molecule has 5 nitrogen and oxygen atoms in total. The summed E-state index contributed by atoms with van der Waals surface area (Å²) in [6.07, 6.45) is 0. The molecule has 1 aliphatic heterocycles. The number of H-pyrrole nitrogens is 1. The average molecular weight is 207 g/mol. The van der Waals surface area contributed by atoms with Gasteiger partial charge in [0.2, 0.25) is 5.56 Å². The van der Waals surface area contributed by atoms with Crippen molar-refractivity contribution in [1.82, 2.24) is 15.2 Å². The van der Waals surface area contributed by atoms with Gasteiger partial charge in [-0.15, -0.1) is 0 Å². The van der Waals surface area contributed by atoms with Crippen LogP contribution in [-0.4, -0.2) is 42.0 Å². The molecule has 0 atom stereocenters. The van der Waals surface area contributed by atoms with Gasteiger partial charge in [0.25, 0.3) is 5.91 Å². The highest BCUT2D eigenvalue weighted by atomic mass is 16.2. The van der Waals surface area contributed by atoms with Gasteiger partial charge in [-0.3, -0.25) is 9.59 Å². The largest absolute Gasteiger partial charge is 0.335 e. The van der Waals surface area contributed by atoms with Crippen molar-refractivity contribution < 1.29 is 4.79 Å². The number of rotatable bonds is 1. The van der Waals surface area contributed by atoms with Gasteiger partial charge < -0.3 is 15.2 Å². The molecule has 80 valence electrons. The maximum atomic E-state index is 11.9. The number of hydrogen-bond acceptors (Lipinski definition) is 3. The Morgan fingerprint density at radius 3 is 2.67 bits per heavy atom. The Morgan fingerprint density at radius 2 is 2.00 bits per heavy atom. The molecular weight excluding hydrogens is 194 g/mol. The van der Waals surface area contributed by atoms with E-state index in [0.717, 1.165) is 13.1 Å². The van der Waals surface area contributed by atoms with Crippen molar-refractivity contribution in [3.8, 4) is 0 Å². The van der Waals surface area contributed by atoms with Crippen LogP contribution in [0.1, 0.15) is 10.5 Å². The first-order chi connectivity index (χ1) is 7.27. The second-order valence-corrected chi connectivity index (χ2v) is 3.47. The van der Waals surface area contributed by atoms with Crippen LogP contribution in [0.5, 0.6) is 0 Å². The van der Waals surface area contributed by atoms with Crippen LogP contribution in [0.25, 0.3) is 0 Å². The molecule has 1 fully saturated rings. The average Bonchev–Trinajstić information content (AvgIpc) is 2.29. The standard InChI is InChI=1S/C10H13N3O2/c14-9-3-1-2-8(12-9)10(15)13-6-4-11-5-7-13/h1-3,11H,4-7H2,(H,12,14). The van der Waals surface area contributed by atoms with Crippen LogP contribution < -0.4 is 10.9 Å². The van der Waals surface area contributed by atoms with E-state index in [1.54, 1.807) is 17.0 Å². The number of pyridine rings is 1. The van der Waals surface area contributed by atoms with E-state index in [2.05, 4.69) is 10.3 Å². The van der Waals surface area contributed by atoms with Gasteiger partial charge in [0.1, 0.15) is 5.69 Å². The number of nitrogens with zero attached hydrogens (tertiary/aromatic N) is 1. The number of nitrogens with one attached hydrogen (secondary N) is 2. The lowest BCUT2D eigenvalue weighted by Crippen LogP contribution is -2.46. The van der Waals surface area contributed by atoms with Crippen LogP contribution in [-0.2, 0) is 0 Å². The second kappa shape index (κ2) is 4.27. The quantitative estimate of drug-likeness (QED) is 0.647. The molecule has 0 radical (unpaired) electrons. The summed E-state index contributed by atoms with van der Waals surface area (Å²) in [6.45, 7) is 3.00. The van der Waals surface area contributed by atoms with Crippen LogP contribution in [0.15, 0.2) is 23.0 Å². The first kappa shape index (κ1) is 9.92. The zero-order chi connectivity index (χ0) is 10.7. The summed E-state index contributed by atoms with van der Waals surface area (Å²) in [7, 11) is 0. The van der Waals surface area contributed by atoms with Crippen molar-refractivity contribution in [3.05, 3.63) is 34.2 Å². The minimum atomic E-state index is -0.240. The third kappa shape index (κ3) is 2.24. The van der Waals surface area contributed by atoms with Gasteiger partial charge in [-0.2, -0.15) is 0 Å². The number of amides is 1. The maximum Gasteiger partial charge on any atom is 0.270 e. The third-order valence-electron chi connectivity index (χ3n) is 2.40. The predicted octanol–water partition coefficient (Wildman–Crippen LogP) is -0.580. The molecule has 0 aromatic carbocycles. The smallest absolute Gasteiger partial charge is 0.270 e. The molecule has 2 heterocycles. The van der Waals surface area contributed by atoms with E-state index in [-0.39, 0.29) is 11.5 Å². The number of hydrogen-bond donors (Lipinski definition) is 2. The van der Waals surface area contributed by atoms with Crippen LogP contribution >= 0.6 is 0 Å². The van der Waals surface area contributed by atoms with Gasteiger partial charge in [0.15, 0.2) is 0 Å². The van der Waals surface area contributed by atoms with Crippen molar-refractivity contribution >= 4 is 5.91 Å². The zero-order valence-electron chi connectivity index (χ0n) is 8.32. The lowest BCUT2D eigenvalue weighted by Gasteiger charge is -2.27. The van der Waals surface area contributed by atoms with Gasteiger partial charge in [0, 0.05) is 32.2 Å². The third-order valence-corrected chi connectivity index (χ3v) is 2.40. The summed E-state index contributed by atoms with van der Waals surface area (Å²) in [4.78, 5) is 27.2. The number of piperazine rings is 1. The van der Waals surface area contributed by atoms with Gasteiger partial charge in [-0.1, -0.05) is 6.07 Å². The van der Waals surface area contributed by atoms with E-state index in [4.69, 9.17) is 0 Å². The van der Waals surface area contributed by atoms with Crippen molar-refractivity contribution in [3.63, 3.8) is 0 Å². The second-order valence-electron chi connectivity index (χ2n) is 3.47. The molecule has 2 N–H and O–H groups in total. The van der Waals surface area contributed by atoms with Crippen molar-refractivity contribution in [2.24, 2.45) is 0 Å². The lowest BCUT2D eigenvalue weighted by molar-refractivity contribution is 0.0729. The van der Waals surface area contributed by atoms with Gasteiger partial charge in [-0.25, -0.2) is 0 Å². The number of aromatic amines is 1. The Labute approximate surface area is 87.1 Å². The molecule has 1 aliphatic rings. The van der Waals surface area contributed by atoms with E-state index in [1.807, 2.05) is 0 Å². The summed E-state index contributed by atoms with van der Waals surface area (Å²) in [5, 5.41) is 3.17. The van der Waals surface area contributed by atoms with Crippen molar-refractivity contribution in [1.29, 1.82) is 0 Å². The van der Waals surface area contributed by atoms with E-state index in [9.17, 15) is 9.59 Å². The molecule has 2 rings (SSSR count). The highest BCUT2D eigenvalue weighted by Gasteiger charge is 2.17. The molecule has 0 saturated carbocycles. The first-order valence-corrected chi connectivity index (χ1v) is 4.97. The van der Waals surface area contributed by atoms with E-state index in [1.165, 1.54) is 6.07 Å². The van der Waals surface area contributed by atoms with E-state index in [0.29, 0.717) is 18.8 Å². The highest BCUT2D eigenvalue weighted by Crippen LogP contribution is 2.00. The van der Waals surface area contributed by atoms with E-state index < -0.39 is 0 Å². The summed E-state index contributed by atoms with van der Waals surface area (Å²) in [5.41, 5.74) is 0.125. The predicted molar refractivity (Wildman–Crippen MR) is 55.8 cm³/mol. The minimum Gasteiger partial charge on any atom is -0.335 e. The van der Waals surface area contributed by atoms with Crippen LogP contribution in [0.3, 0.4) is 0 Å². The number of aromatic nitrogens is 1. The monoisotopic (exact) mass is 207 g/mol. The van der Waals surface area contributed by atoms with Crippen LogP contribution in [0.2, 0.25) is 0 Å². The van der Waals surface area contributed by atoms with Crippen LogP contribution in [0.4, 0.5) is 0 Å². The van der Waals surface area contributed by atoms with Crippen molar-refractivity contribution in [2.45, 2.75) is 0 Å². The topological polar surface area (TPSA) is 65.2 Å². The fraction of sp³-hybridized carbons (Fsp3) is 0.400. The first-order valence-electron chi connectivity index (χ1n) is 4.97. The van der Waals surface area contributed by atoms with Gasteiger partial charge in [0.05, 0.1) is 0 Å². The number of carbonyl (C=O) groups is 1. The summed E-state index contributed by atoms with van der Waals surface area (Å²) < 4.78 is 0. The summed E-state index contributed by atoms with van der Waals surface area (Å²) >= 11 is 0. The molecule has 1 aromatic heterocycles. The summed E-state index contributed by atoms with van der Waals surface area (Å²) in [6, 6.07) is 4.62. The fourth-order valence-electron chi connectivity index (χ4n) is 1.61. The minimum absolute atomic E-state index is 0.103. The molecule has 15 heavy (non-hydrogen) atoms. The van der Waals surface area contributed by atoms with Gasteiger partial charge >= 0.3 is 0 Å². The Balaban J connectivity index is 2.16. The molecule has 0 bridgehead atoms. The molecule has 1 amide bonds. The summed E-state index contributed by atoms with van der Waals surface area (Å²) in [5.74, 6) is -0.103. The molecule has 5 heteroatoms. The van der Waals surface area contributed by atoms with Crippen LogP contribution in [0, 0.1) is 0 Å². The molecule has 0 unspecified atom stereocenters. The molecule has 1 saturated heterocycles. The maximum absolute atomic E-state index is 11.9. The van der Waals surface area contributed by atoms with Crippen molar-refractivity contribution in [2.75, 3.05) is 26.2 Å². The van der Waals surface area contributed by atoms with E-state index >= 15 is 0 Å². The molecule has 0 spiro atoms. The molecular formula is C10H13N3O2. The van der Waals surface area contributed by atoms with Gasteiger partial charge in [-0.05, 0) is 6.07 Å². The Morgan fingerprint density at radius 1 is 1.27 bits per heavy atom. The molecule has 1 aromatic rings. The SMILES string of the molecule is O=C(c1cccc(=O)[nH]1)N1CCNCC1. The molecule has 0 aliphatic carbocycles. The Kier molecular flexibility index (Phi) is 2.82. The lowest BCUT2D eigenvalue weighted by atomic mass is 10.3. The Hall–Kier alpha value is -1.62. The Bertz CT molecular complexity index is 407. The number of carbonyl (C=O) groups excluding carboxylic acids is 1. The zero-order valence-corrected chi connectivity index (χ0v) is 8.32.